The fourth-order valence-electron chi connectivity index (χ4n) is 1.95. The number of aryl methyl sites for hydroxylation is 1. The Labute approximate surface area is 124 Å². The number of nitrogens with zero attached hydrogens (tertiary/aromatic N) is 2. The number of nitrogens with one attached hydrogen (secondary N) is 2. The number of anilines is 1. The van der Waals surface area contributed by atoms with Gasteiger partial charge >= 0.3 is 6.03 Å². The van der Waals surface area contributed by atoms with E-state index in [0.717, 1.165) is 24.2 Å². The first-order chi connectivity index (χ1) is 10.1. The highest BCUT2D eigenvalue weighted by molar-refractivity contribution is 5.89. The molecule has 21 heavy (non-hydrogen) atoms. The van der Waals surface area contributed by atoms with Crippen molar-refractivity contribution in [1.29, 1.82) is 0 Å². The van der Waals surface area contributed by atoms with Crippen molar-refractivity contribution >= 4 is 11.7 Å². The Bertz CT molecular complexity index is 565. The molecule has 2 amide bonds. The van der Waals surface area contributed by atoms with Gasteiger partial charge in [-0.05, 0) is 37.1 Å². The van der Waals surface area contributed by atoms with Crippen molar-refractivity contribution in [3.05, 3.63) is 48.3 Å². The van der Waals surface area contributed by atoms with Crippen LogP contribution in [0.3, 0.4) is 0 Å². The van der Waals surface area contributed by atoms with Gasteiger partial charge in [0.05, 0.1) is 0 Å². The number of amides is 2. The van der Waals surface area contributed by atoms with E-state index in [-0.39, 0.29) is 12.1 Å². The second-order valence-corrected chi connectivity index (χ2v) is 4.92. The Kier molecular flexibility index (Phi) is 5.34. The van der Waals surface area contributed by atoms with Gasteiger partial charge in [0.25, 0.3) is 0 Å². The van der Waals surface area contributed by atoms with Crippen LogP contribution < -0.4 is 16.4 Å². The predicted molar refractivity (Wildman–Crippen MR) is 82.9 cm³/mol. The largest absolute Gasteiger partial charge is 0.338 e. The minimum Gasteiger partial charge on any atom is -0.338 e. The molecule has 0 saturated carbocycles. The summed E-state index contributed by atoms with van der Waals surface area (Å²) in [5, 5.41) is 9.73. The molecular weight excluding hydrogens is 266 g/mol. The normalized spacial score (nSPS) is 11.9. The molecule has 1 aromatic heterocycles. The lowest BCUT2D eigenvalue weighted by Crippen LogP contribution is -2.30. The number of aromatic nitrogens is 2. The molecule has 2 rings (SSSR count). The maximum Gasteiger partial charge on any atom is 0.319 e. The second-order valence-electron chi connectivity index (χ2n) is 4.92. The summed E-state index contributed by atoms with van der Waals surface area (Å²) in [5.74, 6) is 0. The average molecular weight is 287 g/mol. The molecule has 6 nitrogen and oxygen atoms in total. The van der Waals surface area contributed by atoms with Gasteiger partial charge in [0.1, 0.15) is 0 Å². The molecule has 0 fully saturated rings. The van der Waals surface area contributed by atoms with Gasteiger partial charge in [-0.1, -0.05) is 12.1 Å². The van der Waals surface area contributed by atoms with E-state index >= 15 is 0 Å². The maximum absolute atomic E-state index is 11.8. The van der Waals surface area contributed by atoms with Crippen molar-refractivity contribution in [2.45, 2.75) is 25.9 Å². The third-order valence-corrected chi connectivity index (χ3v) is 3.08. The zero-order valence-corrected chi connectivity index (χ0v) is 12.1. The van der Waals surface area contributed by atoms with Gasteiger partial charge in [-0.25, -0.2) is 4.79 Å². The Balaban J connectivity index is 1.72. The summed E-state index contributed by atoms with van der Waals surface area (Å²) < 4.78 is 1.84. The van der Waals surface area contributed by atoms with Crippen molar-refractivity contribution in [2.24, 2.45) is 5.73 Å². The number of hydrogen-bond acceptors (Lipinski definition) is 3. The van der Waals surface area contributed by atoms with E-state index in [1.54, 1.807) is 6.20 Å². The van der Waals surface area contributed by atoms with E-state index in [1.165, 1.54) is 0 Å². The van der Waals surface area contributed by atoms with Crippen LogP contribution in [0.15, 0.2) is 42.7 Å². The van der Waals surface area contributed by atoms with Crippen LogP contribution in [-0.2, 0) is 6.54 Å². The van der Waals surface area contributed by atoms with Crippen molar-refractivity contribution < 1.29 is 4.79 Å². The third kappa shape index (κ3) is 4.92. The van der Waals surface area contributed by atoms with E-state index in [4.69, 9.17) is 5.73 Å². The van der Waals surface area contributed by atoms with Crippen LogP contribution in [0.5, 0.6) is 0 Å². The molecule has 112 valence electrons. The lowest BCUT2D eigenvalue weighted by Gasteiger charge is -2.10. The van der Waals surface area contributed by atoms with Crippen LogP contribution >= 0.6 is 0 Å². The topological polar surface area (TPSA) is 85.0 Å². The van der Waals surface area contributed by atoms with Gasteiger partial charge in [-0.15, -0.1) is 0 Å². The fraction of sp³-hybridized carbons (Fsp3) is 0.333. The van der Waals surface area contributed by atoms with E-state index in [0.29, 0.717) is 6.54 Å². The first-order valence-electron chi connectivity index (χ1n) is 7.03. The lowest BCUT2D eigenvalue weighted by atomic mass is 10.1. The lowest BCUT2D eigenvalue weighted by molar-refractivity contribution is 0.251. The maximum atomic E-state index is 11.8. The summed E-state index contributed by atoms with van der Waals surface area (Å²) >= 11 is 0. The first-order valence-corrected chi connectivity index (χ1v) is 7.03. The van der Waals surface area contributed by atoms with E-state index in [2.05, 4.69) is 15.7 Å². The molecule has 0 aliphatic carbocycles. The molecule has 4 N–H and O–H groups in total. The Morgan fingerprint density at radius 3 is 3.00 bits per heavy atom. The van der Waals surface area contributed by atoms with Gasteiger partial charge in [-0.3, -0.25) is 4.68 Å². The zero-order chi connectivity index (χ0) is 15.1. The number of benzene rings is 1. The van der Waals surface area contributed by atoms with Crippen molar-refractivity contribution in [1.82, 2.24) is 15.1 Å². The number of carbonyl (C=O) groups excluding carboxylic acids is 1. The van der Waals surface area contributed by atoms with Crippen LogP contribution in [0.4, 0.5) is 10.5 Å². The van der Waals surface area contributed by atoms with Crippen LogP contribution in [0.1, 0.15) is 24.9 Å². The minimum absolute atomic E-state index is 0.0520. The summed E-state index contributed by atoms with van der Waals surface area (Å²) in [4.78, 5) is 11.8. The van der Waals surface area contributed by atoms with Crippen LogP contribution in [0.2, 0.25) is 0 Å². The third-order valence-electron chi connectivity index (χ3n) is 3.08. The predicted octanol–water partition coefficient (Wildman–Crippen LogP) is 2.11. The van der Waals surface area contributed by atoms with Crippen LogP contribution in [0, 0.1) is 0 Å². The summed E-state index contributed by atoms with van der Waals surface area (Å²) in [6.45, 7) is 3.29. The SMILES string of the molecule is CC(N)c1cccc(NC(=O)NCCCn2cccn2)c1. The van der Waals surface area contributed by atoms with Gasteiger partial charge in [0, 0.05) is 37.2 Å². The molecule has 0 aliphatic heterocycles. The highest BCUT2D eigenvalue weighted by Crippen LogP contribution is 2.15. The molecule has 0 spiro atoms. The molecule has 0 aliphatic rings. The smallest absolute Gasteiger partial charge is 0.319 e. The van der Waals surface area contributed by atoms with Gasteiger partial charge in [0.2, 0.25) is 0 Å². The summed E-state index contributed by atoms with van der Waals surface area (Å²) in [6.07, 6.45) is 4.47. The van der Waals surface area contributed by atoms with Crippen molar-refractivity contribution in [3.63, 3.8) is 0 Å². The highest BCUT2D eigenvalue weighted by Gasteiger charge is 2.04. The number of hydrogen-bond donors (Lipinski definition) is 3. The number of urea groups is 1. The Morgan fingerprint density at radius 2 is 2.29 bits per heavy atom. The van der Waals surface area contributed by atoms with E-state index < -0.39 is 0 Å². The minimum atomic E-state index is -0.211. The van der Waals surface area contributed by atoms with Crippen LogP contribution in [0.25, 0.3) is 0 Å². The molecule has 0 saturated heterocycles. The van der Waals surface area contributed by atoms with Gasteiger partial charge in [0.15, 0.2) is 0 Å². The number of nitrogens with two attached hydrogens (primary N) is 1. The molecule has 0 radical (unpaired) electrons. The Morgan fingerprint density at radius 1 is 1.43 bits per heavy atom. The molecule has 1 heterocycles. The Hall–Kier alpha value is -2.34. The molecule has 1 atom stereocenters. The number of rotatable bonds is 6. The van der Waals surface area contributed by atoms with Crippen molar-refractivity contribution in [2.75, 3.05) is 11.9 Å². The standard InChI is InChI=1S/C15H21N5O/c1-12(16)13-5-2-6-14(11-13)19-15(21)17-7-3-9-20-10-4-8-18-20/h2,4-6,8,10-12H,3,7,9,16H2,1H3,(H2,17,19,21). The summed E-state index contributed by atoms with van der Waals surface area (Å²) in [6, 6.07) is 9.17. The average Bonchev–Trinajstić information content (AvgIpc) is 2.97. The number of carbonyl (C=O) groups is 1. The van der Waals surface area contributed by atoms with E-state index in [9.17, 15) is 4.79 Å². The monoisotopic (exact) mass is 287 g/mol. The van der Waals surface area contributed by atoms with E-state index in [1.807, 2.05) is 48.1 Å². The van der Waals surface area contributed by atoms with Gasteiger partial charge in [-0.2, -0.15) is 5.10 Å². The van der Waals surface area contributed by atoms with Crippen molar-refractivity contribution in [3.8, 4) is 0 Å². The summed E-state index contributed by atoms with van der Waals surface area (Å²) in [7, 11) is 0. The van der Waals surface area contributed by atoms with Gasteiger partial charge < -0.3 is 16.4 Å². The highest BCUT2D eigenvalue weighted by atomic mass is 16.2. The quantitative estimate of drug-likeness (QED) is 0.711. The van der Waals surface area contributed by atoms with Crippen LogP contribution in [-0.4, -0.2) is 22.4 Å². The molecular formula is C15H21N5O. The fourth-order valence-corrected chi connectivity index (χ4v) is 1.95. The first kappa shape index (κ1) is 15.1. The molecule has 6 heteroatoms. The molecule has 1 unspecified atom stereocenters. The second kappa shape index (κ2) is 7.44. The molecule has 1 aromatic carbocycles. The summed E-state index contributed by atoms with van der Waals surface area (Å²) in [5.41, 5.74) is 7.56. The zero-order valence-electron chi connectivity index (χ0n) is 12.1. The molecule has 0 bridgehead atoms. The molecule has 2 aromatic rings.